The first-order chi connectivity index (χ1) is 35.8. The second-order valence-corrected chi connectivity index (χ2v) is 27.7. The Morgan fingerprint density at radius 2 is 0.688 bits per heavy atom. The van der Waals surface area contributed by atoms with Crippen molar-refractivity contribution in [2.45, 2.75) is 184 Å². The third-order valence-corrected chi connectivity index (χ3v) is 13.5. The number of quaternary nitrogens is 3. The Hall–Kier alpha value is -3.18. The molecule has 80 heavy (non-hydrogen) atoms. The number of benzene rings is 1. The molecule has 0 radical (unpaired) electrons. The lowest BCUT2D eigenvalue weighted by molar-refractivity contribution is -0.929. The molecule has 1 N–H and O–H groups in total. The number of carbonyl (C=O) groups excluding carboxylic acids is 3. The maximum atomic E-state index is 12.5. The SMILES string of the molecule is CC(C)(C)C(=O)OCC(F)(F)S(=O)(=O)[O-].CC(C)(C)C(=O)OCC(F)(F)S(=O)(=O)[O-].CC(C)(C)C(=O)OCC(F)(F)S(=O)(=O)[O-].CCCC[N+](CCCC)(CCCC)CCCC.CC[NH+](CC)CC.C[N+](C)(C)Cc1ccccc1. The number of hydrogen-bond donors (Lipinski definition) is 1. The predicted molar refractivity (Wildman–Crippen MR) is 295 cm³/mol. The number of unbranched alkanes of at least 4 members (excludes halogenated alkanes) is 4. The summed E-state index contributed by atoms with van der Waals surface area (Å²) in [5.74, 6) is -3.03. The van der Waals surface area contributed by atoms with Crippen LogP contribution in [0.25, 0.3) is 0 Å². The van der Waals surface area contributed by atoms with Crippen LogP contribution in [0.5, 0.6) is 0 Å². The summed E-state index contributed by atoms with van der Waals surface area (Å²) in [5.41, 5.74) is -1.71. The van der Waals surface area contributed by atoms with Gasteiger partial charge in [0.2, 0.25) is 0 Å². The van der Waals surface area contributed by atoms with Gasteiger partial charge in [-0.1, -0.05) is 83.7 Å². The Morgan fingerprint density at radius 3 is 0.838 bits per heavy atom. The second-order valence-electron chi connectivity index (χ2n) is 23.1. The van der Waals surface area contributed by atoms with Gasteiger partial charge < -0.3 is 41.7 Å². The summed E-state index contributed by atoms with van der Waals surface area (Å²) in [7, 11) is -10.8. The van der Waals surface area contributed by atoms with E-state index in [0.29, 0.717) is 0 Å². The molecule has 27 heteroatoms. The van der Waals surface area contributed by atoms with Crippen molar-refractivity contribution in [1.29, 1.82) is 0 Å². The van der Waals surface area contributed by atoms with Crippen LogP contribution in [0.4, 0.5) is 26.3 Å². The fourth-order valence-electron chi connectivity index (χ4n) is 5.84. The average molecular weight is 1230 g/mol. The van der Waals surface area contributed by atoms with E-state index < -0.39 is 100 Å². The van der Waals surface area contributed by atoms with Crippen LogP contribution in [-0.4, -0.2) is 168 Å². The highest BCUT2D eigenvalue weighted by molar-refractivity contribution is 7.87. The highest BCUT2D eigenvalue weighted by atomic mass is 32.2. The maximum absolute atomic E-state index is 12.5. The van der Waals surface area contributed by atoms with Crippen LogP contribution in [0, 0.1) is 16.2 Å². The Morgan fingerprint density at radius 1 is 0.463 bits per heavy atom. The number of esters is 3. The normalized spacial score (nSPS) is 12.8. The van der Waals surface area contributed by atoms with Crippen molar-refractivity contribution in [3.63, 3.8) is 0 Å². The summed E-state index contributed by atoms with van der Waals surface area (Å²) in [6.07, 6.45) is 11.1. The Bertz CT molecular complexity index is 1990. The highest BCUT2D eigenvalue weighted by Gasteiger charge is 2.42. The minimum Gasteiger partial charge on any atom is -0.743 e. The smallest absolute Gasteiger partial charge is 0.367 e. The van der Waals surface area contributed by atoms with E-state index >= 15 is 0 Å². The summed E-state index contributed by atoms with van der Waals surface area (Å²) < 4.78 is 180. The number of halogens is 6. The Labute approximate surface area is 477 Å². The van der Waals surface area contributed by atoms with E-state index in [9.17, 15) is 79.6 Å². The van der Waals surface area contributed by atoms with E-state index in [2.05, 4.69) is 114 Å². The van der Waals surface area contributed by atoms with Crippen molar-refractivity contribution in [3.05, 3.63) is 35.9 Å². The van der Waals surface area contributed by atoms with Crippen molar-refractivity contribution in [2.24, 2.45) is 16.2 Å². The molecule has 0 saturated carbocycles. The van der Waals surface area contributed by atoms with Crippen molar-refractivity contribution in [1.82, 2.24) is 0 Å². The van der Waals surface area contributed by atoms with E-state index in [-0.39, 0.29) is 0 Å². The minimum atomic E-state index is -5.80. The van der Waals surface area contributed by atoms with Gasteiger partial charge in [0, 0.05) is 5.56 Å². The summed E-state index contributed by atoms with van der Waals surface area (Å²) >= 11 is 0. The fraction of sp³-hybridized carbons (Fsp3) is 0.830. The number of nitrogens with zero attached hydrogens (tertiary/aromatic N) is 2. The Balaban J connectivity index is -0.000000285. The number of carbonyl (C=O) groups is 3. The van der Waals surface area contributed by atoms with E-state index in [4.69, 9.17) is 0 Å². The number of alkyl halides is 6. The van der Waals surface area contributed by atoms with Crippen molar-refractivity contribution in [3.8, 4) is 0 Å². The molecular weight excluding hydrogens is 1130 g/mol. The molecule has 0 bridgehead atoms. The molecule has 0 aliphatic carbocycles. The van der Waals surface area contributed by atoms with Gasteiger partial charge in [0.25, 0.3) is 0 Å². The van der Waals surface area contributed by atoms with E-state index in [0.717, 1.165) is 11.0 Å². The number of ether oxygens (including phenoxy) is 3. The van der Waals surface area contributed by atoms with Crippen LogP contribution in [0.3, 0.4) is 0 Å². The van der Waals surface area contributed by atoms with Crippen LogP contribution in [0.2, 0.25) is 0 Å². The monoisotopic (exact) mass is 1230 g/mol. The van der Waals surface area contributed by atoms with Crippen LogP contribution in [0.15, 0.2) is 30.3 Å². The van der Waals surface area contributed by atoms with Crippen LogP contribution in [-0.2, 0) is 65.5 Å². The predicted octanol–water partition coefficient (Wildman–Crippen LogP) is 8.97. The highest BCUT2D eigenvalue weighted by Crippen LogP contribution is 2.26. The third kappa shape index (κ3) is 41.8. The van der Waals surface area contributed by atoms with Crippen molar-refractivity contribution >= 4 is 48.3 Å². The van der Waals surface area contributed by atoms with Gasteiger partial charge in [-0.3, -0.25) is 14.4 Å². The first kappa shape index (κ1) is 85.6. The van der Waals surface area contributed by atoms with E-state index in [1.165, 1.54) is 170 Å². The maximum Gasteiger partial charge on any atom is 0.367 e. The number of nitrogens with one attached hydrogen (secondary N) is 1. The zero-order chi connectivity index (χ0) is 64.5. The fourth-order valence-corrected chi connectivity index (χ4v) is 6.45. The molecule has 0 spiro atoms. The van der Waals surface area contributed by atoms with Crippen LogP contribution >= 0.6 is 0 Å². The largest absolute Gasteiger partial charge is 0.743 e. The standard InChI is InChI=1S/C16H36N.C10H16N.3C7H12F2O5S.C6H15N/c1-5-9-13-17(14-10-6-2,15-11-7-3)16-12-8-4;1-11(2,3)9-10-7-5-4-6-8-10;3*1-6(2,3)5(10)14-4-7(8,9)15(11,12)13;1-4-7(5-2)6-3/h5-16H2,1-4H3;4-8H,9H2,1-3H3;3*4H2,1-3H3,(H,11,12,13);4-6H2,1-3H3/q2*+1;;;;/p-2. The van der Waals surface area contributed by atoms with Crippen molar-refractivity contribution in [2.75, 3.05) is 86.8 Å². The zero-order valence-corrected chi connectivity index (χ0v) is 53.8. The third-order valence-electron chi connectivity index (χ3n) is 11.0. The zero-order valence-electron chi connectivity index (χ0n) is 51.3. The van der Waals surface area contributed by atoms with Crippen LogP contribution < -0.4 is 4.90 Å². The number of rotatable bonds is 26. The summed E-state index contributed by atoms with van der Waals surface area (Å²) in [6.45, 7) is 34.0. The molecule has 18 nitrogen and oxygen atoms in total. The molecule has 1 aromatic rings. The molecule has 0 unspecified atom stereocenters. The quantitative estimate of drug-likeness (QED) is 0.0299. The molecule has 0 aliphatic heterocycles. The summed E-state index contributed by atoms with van der Waals surface area (Å²) in [4.78, 5) is 34.6. The molecule has 478 valence electrons. The molecule has 0 heterocycles. The topological polar surface area (TPSA) is 255 Å². The molecule has 1 rings (SSSR count). The molecule has 0 aliphatic rings. The Kier molecular flexibility index (Phi) is 41.3. The first-order valence-corrected chi connectivity index (χ1v) is 31.1. The molecular formula is C53H101F6N3O15S3. The van der Waals surface area contributed by atoms with E-state index in [1.54, 1.807) is 4.90 Å². The molecule has 0 aromatic heterocycles. The van der Waals surface area contributed by atoms with Gasteiger partial charge in [0.1, 0.15) is 6.54 Å². The van der Waals surface area contributed by atoms with Gasteiger partial charge in [-0.25, -0.2) is 25.3 Å². The van der Waals surface area contributed by atoms with Gasteiger partial charge in [-0.05, 0) is 109 Å². The number of hydrogen-bond acceptors (Lipinski definition) is 15. The molecule has 0 amide bonds. The van der Waals surface area contributed by atoms with Gasteiger partial charge >= 0.3 is 33.7 Å². The average Bonchev–Trinajstić information content (AvgIpc) is 3.30. The molecule has 0 atom stereocenters. The molecule has 0 saturated heterocycles. The first-order valence-electron chi connectivity index (χ1n) is 26.8. The molecule has 1 aromatic carbocycles. The van der Waals surface area contributed by atoms with Crippen LogP contribution in [0.1, 0.15) is 168 Å². The van der Waals surface area contributed by atoms with Crippen molar-refractivity contribution < 1.29 is 108 Å². The minimum absolute atomic E-state index is 0.990. The lowest BCUT2D eigenvalue weighted by Gasteiger charge is -2.39. The summed E-state index contributed by atoms with van der Waals surface area (Å²) in [6, 6.07) is 10.6. The lowest BCUT2D eigenvalue weighted by Crippen LogP contribution is -3.11. The molecule has 0 fully saturated rings. The van der Waals surface area contributed by atoms with Gasteiger partial charge in [-0.15, -0.1) is 0 Å². The van der Waals surface area contributed by atoms with Gasteiger partial charge in [0.05, 0.1) is 83.2 Å². The van der Waals surface area contributed by atoms with Gasteiger partial charge in [0.15, 0.2) is 50.2 Å². The van der Waals surface area contributed by atoms with Gasteiger partial charge in [-0.2, -0.15) is 26.3 Å². The summed E-state index contributed by atoms with van der Waals surface area (Å²) in [5, 5.41) is -13.8. The van der Waals surface area contributed by atoms with E-state index in [1.807, 2.05) is 0 Å². The lowest BCUT2D eigenvalue weighted by atomic mass is 9.97. The second kappa shape index (κ2) is 38.6.